The number of fused-ring (bicyclic) bond motifs is 1. The molecule has 1 aromatic heterocycles. The highest BCUT2D eigenvalue weighted by atomic mass is 79.9. The molecule has 1 heterocycles. The summed E-state index contributed by atoms with van der Waals surface area (Å²) in [4.78, 5) is 4.39. The van der Waals surface area contributed by atoms with E-state index in [0.29, 0.717) is 27.7 Å². The van der Waals surface area contributed by atoms with Crippen LogP contribution in [0.1, 0.15) is 0 Å². The largest absolute Gasteiger partial charge is 0.454 e. The standard InChI is InChI=1S/C15H9Br2ClN2O/c16-8-5-10-12(19)2-4-14(15(10)20-7-8)21-13-3-1-9(18)6-11(13)17/h1-7H,19H2. The monoisotopic (exact) mass is 426 g/mol. The van der Waals surface area contributed by atoms with E-state index in [-0.39, 0.29) is 0 Å². The summed E-state index contributed by atoms with van der Waals surface area (Å²) in [5, 5.41) is 1.48. The fourth-order valence-corrected chi connectivity index (χ4v) is 3.04. The Kier molecular flexibility index (Phi) is 4.06. The molecule has 0 fully saturated rings. The summed E-state index contributed by atoms with van der Waals surface area (Å²) in [5.74, 6) is 1.30. The second-order valence-corrected chi connectivity index (χ2v) is 6.59. The second-order valence-electron chi connectivity index (χ2n) is 4.38. The van der Waals surface area contributed by atoms with Crippen molar-refractivity contribution in [3.05, 3.63) is 56.6 Å². The van der Waals surface area contributed by atoms with Crippen LogP contribution in [0.5, 0.6) is 11.5 Å². The molecule has 3 aromatic rings. The summed E-state index contributed by atoms with van der Waals surface area (Å²) in [6.45, 7) is 0. The molecule has 3 rings (SSSR count). The Labute approximate surface area is 143 Å². The third-order valence-corrected chi connectivity index (χ3v) is 4.22. The van der Waals surface area contributed by atoms with Gasteiger partial charge in [0, 0.05) is 26.8 Å². The predicted molar refractivity (Wildman–Crippen MR) is 93.1 cm³/mol. The molecule has 0 radical (unpaired) electrons. The summed E-state index contributed by atoms with van der Waals surface area (Å²) < 4.78 is 7.58. The number of nitrogen functional groups attached to an aromatic ring is 1. The lowest BCUT2D eigenvalue weighted by molar-refractivity contribution is 0.484. The van der Waals surface area contributed by atoms with Gasteiger partial charge in [-0.25, -0.2) is 0 Å². The van der Waals surface area contributed by atoms with E-state index in [2.05, 4.69) is 36.8 Å². The second kappa shape index (κ2) is 5.83. The number of nitrogens with zero attached hydrogens (tertiary/aromatic N) is 1. The number of ether oxygens (including phenoxy) is 1. The zero-order valence-electron chi connectivity index (χ0n) is 10.6. The van der Waals surface area contributed by atoms with Gasteiger partial charge in [0.2, 0.25) is 0 Å². The Morgan fingerprint density at radius 1 is 1.05 bits per heavy atom. The molecule has 106 valence electrons. The average molecular weight is 429 g/mol. The Balaban J connectivity index is 2.11. The van der Waals surface area contributed by atoms with Crippen molar-refractivity contribution in [2.45, 2.75) is 0 Å². The molecule has 6 heteroatoms. The first kappa shape index (κ1) is 14.6. The van der Waals surface area contributed by atoms with E-state index in [4.69, 9.17) is 22.1 Å². The van der Waals surface area contributed by atoms with Crippen molar-refractivity contribution in [2.24, 2.45) is 0 Å². The number of rotatable bonds is 2. The average Bonchev–Trinajstić information content (AvgIpc) is 2.45. The van der Waals surface area contributed by atoms with Gasteiger partial charge in [-0.15, -0.1) is 0 Å². The molecule has 0 spiro atoms. The Morgan fingerprint density at radius 2 is 1.81 bits per heavy atom. The van der Waals surface area contributed by atoms with Crippen LogP contribution in [-0.4, -0.2) is 4.98 Å². The first-order chi connectivity index (χ1) is 10.0. The van der Waals surface area contributed by atoms with Gasteiger partial charge in [-0.1, -0.05) is 11.6 Å². The molecule has 2 N–H and O–H groups in total. The predicted octanol–water partition coefficient (Wildman–Crippen LogP) is 5.79. The number of aromatic nitrogens is 1. The lowest BCUT2D eigenvalue weighted by Gasteiger charge is -2.11. The molecule has 0 bridgehead atoms. The molecule has 0 aliphatic heterocycles. The molecule has 21 heavy (non-hydrogen) atoms. The molecule has 0 unspecified atom stereocenters. The van der Waals surface area contributed by atoms with Gasteiger partial charge in [0.1, 0.15) is 11.3 Å². The molecule has 2 aromatic carbocycles. The molecule has 0 saturated carbocycles. The van der Waals surface area contributed by atoms with Crippen LogP contribution in [0.4, 0.5) is 5.69 Å². The maximum Gasteiger partial charge on any atom is 0.153 e. The lowest BCUT2D eigenvalue weighted by Crippen LogP contribution is -1.93. The molecule has 0 atom stereocenters. The van der Waals surface area contributed by atoms with Gasteiger partial charge in [0.15, 0.2) is 5.75 Å². The number of benzene rings is 2. The van der Waals surface area contributed by atoms with Crippen molar-refractivity contribution in [3.8, 4) is 11.5 Å². The summed E-state index contributed by atoms with van der Waals surface area (Å²) in [6.07, 6.45) is 1.71. The van der Waals surface area contributed by atoms with E-state index in [1.807, 2.05) is 6.07 Å². The van der Waals surface area contributed by atoms with Crippen molar-refractivity contribution in [1.29, 1.82) is 0 Å². The van der Waals surface area contributed by atoms with Crippen LogP contribution in [0.3, 0.4) is 0 Å². The first-order valence-corrected chi connectivity index (χ1v) is 7.97. The summed E-state index contributed by atoms with van der Waals surface area (Å²) in [7, 11) is 0. The molecule has 3 nitrogen and oxygen atoms in total. The van der Waals surface area contributed by atoms with E-state index in [9.17, 15) is 0 Å². The van der Waals surface area contributed by atoms with Crippen molar-refractivity contribution in [1.82, 2.24) is 4.98 Å². The molecular formula is C15H9Br2ClN2O. The fourth-order valence-electron chi connectivity index (χ4n) is 1.95. The van der Waals surface area contributed by atoms with Gasteiger partial charge in [-0.05, 0) is 68.3 Å². The maximum atomic E-state index is 5.99. The van der Waals surface area contributed by atoms with E-state index in [1.165, 1.54) is 0 Å². The minimum Gasteiger partial charge on any atom is -0.454 e. The molecule has 0 saturated heterocycles. The van der Waals surface area contributed by atoms with Gasteiger partial charge >= 0.3 is 0 Å². The highest BCUT2D eigenvalue weighted by Crippen LogP contribution is 2.36. The maximum absolute atomic E-state index is 5.99. The van der Waals surface area contributed by atoms with Crippen LogP contribution in [-0.2, 0) is 0 Å². The molecular weight excluding hydrogens is 419 g/mol. The third kappa shape index (κ3) is 3.00. The van der Waals surface area contributed by atoms with Crippen LogP contribution in [0, 0.1) is 0 Å². The number of pyridine rings is 1. The number of hydrogen-bond acceptors (Lipinski definition) is 3. The van der Waals surface area contributed by atoms with E-state index in [0.717, 1.165) is 14.3 Å². The fraction of sp³-hybridized carbons (Fsp3) is 0. The Bertz CT molecular complexity index is 839. The Hall–Kier alpha value is -1.30. The topological polar surface area (TPSA) is 48.1 Å². The number of halogens is 3. The van der Waals surface area contributed by atoms with Crippen LogP contribution in [0.15, 0.2) is 51.5 Å². The first-order valence-electron chi connectivity index (χ1n) is 6.01. The van der Waals surface area contributed by atoms with Crippen LogP contribution >= 0.6 is 43.5 Å². The van der Waals surface area contributed by atoms with Gasteiger partial charge < -0.3 is 10.5 Å². The van der Waals surface area contributed by atoms with Crippen molar-refractivity contribution in [3.63, 3.8) is 0 Å². The minimum absolute atomic E-state index is 0.634. The van der Waals surface area contributed by atoms with Gasteiger partial charge in [0.25, 0.3) is 0 Å². The smallest absolute Gasteiger partial charge is 0.153 e. The van der Waals surface area contributed by atoms with Crippen molar-refractivity contribution >= 4 is 60.1 Å². The highest BCUT2D eigenvalue weighted by Gasteiger charge is 2.10. The zero-order chi connectivity index (χ0) is 15.0. The SMILES string of the molecule is Nc1ccc(Oc2ccc(Cl)cc2Br)c2ncc(Br)cc12. The summed E-state index contributed by atoms with van der Waals surface area (Å²) in [5.41, 5.74) is 7.36. The van der Waals surface area contributed by atoms with Gasteiger partial charge in [-0.2, -0.15) is 0 Å². The zero-order valence-corrected chi connectivity index (χ0v) is 14.5. The van der Waals surface area contributed by atoms with Crippen LogP contribution < -0.4 is 10.5 Å². The minimum atomic E-state index is 0.634. The Morgan fingerprint density at radius 3 is 2.57 bits per heavy atom. The van der Waals surface area contributed by atoms with Gasteiger partial charge in [0.05, 0.1) is 4.47 Å². The van der Waals surface area contributed by atoms with Crippen LogP contribution in [0.2, 0.25) is 5.02 Å². The van der Waals surface area contributed by atoms with Gasteiger partial charge in [-0.3, -0.25) is 4.98 Å². The molecule has 0 aliphatic rings. The third-order valence-electron chi connectivity index (χ3n) is 2.93. The number of anilines is 1. The quantitative estimate of drug-likeness (QED) is 0.526. The number of nitrogens with two attached hydrogens (primary N) is 1. The summed E-state index contributed by atoms with van der Waals surface area (Å²) in [6, 6.07) is 10.9. The lowest BCUT2D eigenvalue weighted by atomic mass is 10.1. The van der Waals surface area contributed by atoms with E-state index >= 15 is 0 Å². The van der Waals surface area contributed by atoms with Crippen molar-refractivity contribution < 1.29 is 4.74 Å². The summed E-state index contributed by atoms with van der Waals surface area (Å²) >= 11 is 12.8. The van der Waals surface area contributed by atoms with E-state index in [1.54, 1.807) is 36.5 Å². The highest BCUT2D eigenvalue weighted by molar-refractivity contribution is 9.10. The van der Waals surface area contributed by atoms with E-state index < -0.39 is 0 Å². The normalized spacial score (nSPS) is 10.8. The molecule has 0 amide bonds. The van der Waals surface area contributed by atoms with Crippen LogP contribution in [0.25, 0.3) is 10.9 Å². The molecule has 0 aliphatic carbocycles. The number of hydrogen-bond donors (Lipinski definition) is 1. The van der Waals surface area contributed by atoms with Crippen molar-refractivity contribution in [2.75, 3.05) is 5.73 Å².